The third-order valence-corrected chi connectivity index (χ3v) is 5.52. The summed E-state index contributed by atoms with van der Waals surface area (Å²) in [6.07, 6.45) is 0.653. The summed E-state index contributed by atoms with van der Waals surface area (Å²) in [5.74, 6) is -0.784. The number of hydrogen-bond acceptors (Lipinski definition) is 5. The van der Waals surface area contributed by atoms with Gasteiger partial charge in [-0.1, -0.05) is 78.4 Å². The van der Waals surface area contributed by atoms with E-state index in [4.69, 9.17) is 0 Å². The highest BCUT2D eigenvalue weighted by atomic mass is 32.1. The van der Waals surface area contributed by atoms with Crippen LogP contribution >= 0.6 is 11.3 Å². The Balaban J connectivity index is 1.60. The van der Waals surface area contributed by atoms with E-state index >= 15 is 0 Å². The molecular weight excluding hydrogens is 384 g/mol. The molecule has 1 aromatic heterocycles. The maximum absolute atomic E-state index is 12.6. The van der Waals surface area contributed by atoms with E-state index in [0.717, 1.165) is 21.7 Å². The van der Waals surface area contributed by atoms with E-state index < -0.39 is 6.04 Å². The predicted octanol–water partition coefficient (Wildman–Crippen LogP) is 4.15. The molecule has 0 aliphatic rings. The quantitative estimate of drug-likeness (QED) is 0.615. The first-order valence-electron chi connectivity index (χ1n) is 9.54. The van der Waals surface area contributed by atoms with Crippen LogP contribution in [0, 0.1) is 6.92 Å². The van der Waals surface area contributed by atoms with Crippen molar-refractivity contribution in [3.8, 4) is 10.6 Å². The smallest absolute Gasteiger partial charge is 0.248 e. The third kappa shape index (κ3) is 5.26. The molecule has 0 aliphatic heterocycles. The number of aryl methyl sites for hydroxylation is 1. The van der Waals surface area contributed by atoms with Gasteiger partial charge in [0, 0.05) is 5.56 Å². The lowest BCUT2D eigenvalue weighted by atomic mass is 9.95. The molecule has 3 aromatic rings. The van der Waals surface area contributed by atoms with Gasteiger partial charge < -0.3 is 5.32 Å². The third-order valence-electron chi connectivity index (χ3n) is 4.63. The first-order chi connectivity index (χ1) is 14.0. The topological polar surface area (TPSA) is 84.0 Å². The van der Waals surface area contributed by atoms with E-state index in [9.17, 15) is 9.59 Å². The lowest BCUT2D eigenvalue weighted by Gasteiger charge is -2.19. The Bertz CT molecular complexity index is 970. The zero-order valence-electron chi connectivity index (χ0n) is 16.7. The molecule has 7 heteroatoms. The standard InChI is InChI=1S/C22H24N4O2S/c1-4-18(16-8-6-5-7-9-16)20(28)23-15(3)19(27)24-22-26-25-21(29-22)17-12-10-14(2)11-13-17/h5-13,15,18H,4H2,1-3H3,(H,23,28)(H,24,26,27)/t15-,18+/m1/s1. The zero-order valence-corrected chi connectivity index (χ0v) is 17.5. The molecule has 29 heavy (non-hydrogen) atoms. The van der Waals surface area contributed by atoms with Gasteiger partial charge >= 0.3 is 0 Å². The van der Waals surface area contributed by atoms with Crippen molar-refractivity contribution < 1.29 is 9.59 Å². The van der Waals surface area contributed by atoms with E-state index in [0.29, 0.717) is 11.6 Å². The zero-order chi connectivity index (χ0) is 20.8. The summed E-state index contributed by atoms with van der Waals surface area (Å²) in [7, 11) is 0. The molecule has 0 fully saturated rings. The first-order valence-corrected chi connectivity index (χ1v) is 10.4. The van der Waals surface area contributed by atoms with Gasteiger partial charge in [-0.25, -0.2) is 0 Å². The summed E-state index contributed by atoms with van der Waals surface area (Å²) in [6.45, 7) is 5.63. The van der Waals surface area contributed by atoms with Gasteiger partial charge in [0.15, 0.2) is 0 Å². The van der Waals surface area contributed by atoms with Crippen LogP contribution in [0.4, 0.5) is 5.13 Å². The van der Waals surface area contributed by atoms with E-state index in [1.165, 1.54) is 11.3 Å². The number of carbonyl (C=O) groups excluding carboxylic acids is 2. The van der Waals surface area contributed by atoms with Crippen molar-refractivity contribution in [2.24, 2.45) is 0 Å². The van der Waals surface area contributed by atoms with Crippen molar-refractivity contribution in [1.82, 2.24) is 15.5 Å². The maximum Gasteiger partial charge on any atom is 0.248 e. The number of rotatable bonds is 7. The minimum Gasteiger partial charge on any atom is -0.344 e. The molecule has 0 aliphatic carbocycles. The highest BCUT2D eigenvalue weighted by Crippen LogP contribution is 2.26. The average Bonchev–Trinajstić information content (AvgIpc) is 3.18. The molecule has 0 unspecified atom stereocenters. The monoisotopic (exact) mass is 408 g/mol. The second-order valence-electron chi connectivity index (χ2n) is 6.87. The molecule has 0 saturated heterocycles. The SMILES string of the molecule is CC[C@H](C(=O)N[C@H](C)C(=O)Nc1nnc(-c2ccc(C)cc2)s1)c1ccccc1. The number of nitrogens with one attached hydrogen (secondary N) is 2. The van der Waals surface area contributed by atoms with Crippen LogP contribution in [0.5, 0.6) is 0 Å². The van der Waals surface area contributed by atoms with E-state index in [-0.39, 0.29) is 17.7 Å². The minimum absolute atomic E-state index is 0.168. The summed E-state index contributed by atoms with van der Waals surface area (Å²) in [5.41, 5.74) is 3.05. The van der Waals surface area contributed by atoms with Gasteiger partial charge in [0.05, 0.1) is 5.92 Å². The number of nitrogens with zero attached hydrogens (tertiary/aromatic N) is 2. The lowest BCUT2D eigenvalue weighted by Crippen LogP contribution is -2.43. The molecule has 2 N–H and O–H groups in total. The van der Waals surface area contributed by atoms with Crippen LogP contribution in [0.25, 0.3) is 10.6 Å². The van der Waals surface area contributed by atoms with Crippen molar-refractivity contribution in [2.75, 3.05) is 5.32 Å². The molecule has 2 amide bonds. The summed E-state index contributed by atoms with van der Waals surface area (Å²) >= 11 is 1.30. The number of aromatic nitrogens is 2. The second-order valence-corrected chi connectivity index (χ2v) is 7.85. The molecule has 0 spiro atoms. The van der Waals surface area contributed by atoms with Gasteiger partial charge in [-0.2, -0.15) is 0 Å². The molecule has 2 atom stereocenters. The predicted molar refractivity (Wildman–Crippen MR) is 116 cm³/mol. The minimum atomic E-state index is -0.688. The highest BCUT2D eigenvalue weighted by molar-refractivity contribution is 7.18. The van der Waals surface area contributed by atoms with E-state index in [2.05, 4.69) is 20.8 Å². The van der Waals surface area contributed by atoms with Gasteiger partial charge in [0.1, 0.15) is 11.0 Å². The van der Waals surface area contributed by atoms with Crippen molar-refractivity contribution in [3.05, 3.63) is 65.7 Å². The van der Waals surface area contributed by atoms with Gasteiger partial charge in [0.2, 0.25) is 16.9 Å². The Morgan fingerprint density at radius 1 is 1.00 bits per heavy atom. The summed E-state index contributed by atoms with van der Waals surface area (Å²) in [6, 6.07) is 16.8. The number of carbonyl (C=O) groups is 2. The Kier molecular flexibility index (Phi) is 6.72. The molecule has 150 valence electrons. The van der Waals surface area contributed by atoms with Crippen LogP contribution < -0.4 is 10.6 Å². The molecule has 0 bridgehead atoms. The van der Waals surface area contributed by atoms with Gasteiger partial charge in [-0.15, -0.1) is 10.2 Å². The molecule has 0 saturated carbocycles. The van der Waals surface area contributed by atoms with Crippen LogP contribution in [0.2, 0.25) is 0 Å². The fourth-order valence-electron chi connectivity index (χ4n) is 2.94. The molecule has 0 radical (unpaired) electrons. The highest BCUT2D eigenvalue weighted by Gasteiger charge is 2.23. The van der Waals surface area contributed by atoms with E-state index in [1.54, 1.807) is 6.92 Å². The summed E-state index contributed by atoms with van der Waals surface area (Å²) in [4.78, 5) is 25.1. The molecule has 2 aromatic carbocycles. The van der Waals surface area contributed by atoms with Crippen molar-refractivity contribution in [1.29, 1.82) is 0 Å². The second kappa shape index (κ2) is 9.43. The normalized spacial score (nSPS) is 12.8. The Morgan fingerprint density at radius 2 is 1.69 bits per heavy atom. The number of anilines is 1. The molecular formula is C22H24N4O2S. The largest absolute Gasteiger partial charge is 0.344 e. The average molecular weight is 409 g/mol. The number of amides is 2. The van der Waals surface area contributed by atoms with Crippen molar-refractivity contribution in [2.45, 2.75) is 39.2 Å². The molecule has 1 heterocycles. The summed E-state index contributed by atoms with van der Waals surface area (Å²) < 4.78 is 0. The van der Waals surface area contributed by atoms with Crippen LogP contribution in [-0.2, 0) is 9.59 Å². The molecule has 3 rings (SSSR count). The van der Waals surface area contributed by atoms with Gasteiger partial charge in [-0.05, 0) is 25.8 Å². The van der Waals surface area contributed by atoms with Crippen LogP contribution in [-0.4, -0.2) is 28.1 Å². The van der Waals surface area contributed by atoms with Gasteiger partial charge in [0.25, 0.3) is 0 Å². The maximum atomic E-state index is 12.6. The number of hydrogen-bond donors (Lipinski definition) is 2. The Morgan fingerprint density at radius 3 is 2.34 bits per heavy atom. The van der Waals surface area contributed by atoms with Gasteiger partial charge in [-0.3, -0.25) is 14.9 Å². The fourth-order valence-corrected chi connectivity index (χ4v) is 3.69. The molecule has 6 nitrogen and oxygen atoms in total. The van der Waals surface area contributed by atoms with Crippen LogP contribution in [0.3, 0.4) is 0 Å². The van der Waals surface area contributed by atoms with Crippen molar-refractivity contribution >= 4 is 28.3 Å². The number of benzene rings is 2. The van der Waals surface area contributed by atoms with E-state index in [1.807, 2.05) is 68.4 Å². The van der Waals surface area contributed by atoms with Crippen LogP contribution in [0.1, 0.15) is 37.3 Å². The fraction of sp³-hybridized carbons (Fsp3) is 0.273. The summed E-state index contributed by atoms with van der Waals surface area (Å²) in [5, 5.41) is 14.8. The van der Waals surface area contributed by atoms with Crippen molar-refractivity contribution in [3.63, 3.8) is 0 Å². The Labute approximate surface area is 174 Å². The van der Waals surface area contributed by atoms with Crippen LogP contribution in [0.15, 0.2) is 54.6 Å². The lowest BCUT2D eigenvalue weighted by molar-refractivity contribution is -0.127. The first kappa shape index (κ1) is 20.7. The Hall–Kier alpha value is -3.06.